The van der Waals surface area contributed by atoms with Gasteiger partial charge in [0.25, 0.3) is 5.91 Å². The van der Waals surface area contributed by atoms with Crippen molar-refractivity contribution in [3.63, 3.8) is 0 Å². The molecule has 0 bridgehead atoms. The Kier molecular flexibility index (Phi) is 5.16. The Morgan fingerprint density at radius 2 is 1.88 bits per heavy atom. The first kappa shape index (κ1) is 18.0. The van der Waals surface area contributed by atoms with Gasteiger partial charge in [0.1, 0.15) is 11.5 Å². The number of nitrogens with zero attached hydrogens (tertiary/aromatic N) is 2. The monoisotopic (exact) mass is 381 g/mol. The molecule has 0 spiro atoms. The number of likely N-dealkylation sites (tertiary alicyclic amines) is 1. The summed E-state index contributed by atoms with van der Waals surface area (Å²) in [6.45, 7) is 0.704. The molecular formula is C18H18Cl2FN3O. The van der Waals surface area contributed by atoms with Crippen molar-refractivity contribution in [2.45, 2.75) is 24.9 Å². The van der Waals surface area contributed by atoms with Crippen LogP contribution in [0.5, 0.6) is 0 Å². The molecule has 2 aromatic rings. The smallest absolute Gasteiger partial charge is 0.255 e. The Morgan fingerprint density at radius 1 is 1.24 bits per heavy atom. The fourth-order valence-corrected chi connectivity index (χ4v) is 3.30. The number of piperidine rings is 1. The van der Waals surface area contributed by atoms with E-state index in [-0.39, 0.29) is 29.6 Å². The van der Waals surface area contributed by atoms with E-state index in [1.807, 2.05) is 12.1 Å². The van der Waals surface area contributed by atoms with Crippen LogP contribution in [0.2, 0.25) is 10.0 Å². The molecule has 1 aliphatic heterocycles. The van der Waals surface area contributed by atoms with Crippen LogP contribution >= 0.6 is 23.2 Å². The predicted molar refractivity (Wildman–Crippen MR) is 97.8 cm³/mol. The maximum Gasteiger partial charge on any atom is 0.255 e. The van der Waals surface area contributed by atoms with E-state index in [1.165, 1.54) is 12.3 Å². The summed E-state index contributed by atoms with van der Waals surface area (Å²) in [5.74, 6) is -0.0226. The molecule has 0 unspecified atom stereocenters. The molecule has 1 fully saturated rings. The molecule has 1 aliphatic rings. The Hall–Kier alpha value is -1.85. The minimum atomic E-state index is -1.32. The second-order valence-corrected chi connectivity index (χ2v) is 7.18. The molecule has 1 aromatic heterocycles. The number of rotatable bonds is 3. The number of carbonyl (C=O) groups excluding carboxylic acids is 1. The first-order chi connectivity index (χ1) is 11.9. The topological polar surface area (TPSA) is 59.2 Å². The molecule has 2 heterocycles. The van der Waals surface area contributed by atoms with Crippen LogP contribution in [0.1, 0.15) is 28.8 Å². The van der Waals surface area contributed by atoms with Crippen LogP contribution in [-0.4, -0.2) is 34.5 Å². The van der Waals surface area contributed by atoms with Gasteiger partial charge in [-0.25, -0.2) is 9.37 Å². The number of hydrogen-bond donors (Lipinski definition) is 1. The number of anilines is 1. The zero-order valence-electron chi connectivity index (χ0n) is 13.5. The summed E-state index contributed by atoms with van der Waals surface area (Å²) in [5, 5.41) is 0.873. The van der Waals surface area contributed by atoms with E-state index in [2.05, 4.69) is 4.98 Å². The number of carbonyl (C=O) groups is 1. The quantitative estimate of drug-likeness (QED) is 0.867. The van der Waals surface area contributed by atoms with Crippen molar-refractivity contribution in [1.29, 1.82) is 0 Å². The molecule has 7 heteroatoms. The molecular weight excluding hydrogens is 364 g/mol. The van der Waals surface area contributed by atoms with E-state index < -0.39 is 5.67 Å². The summed E-state index contributed by atoms with van der Waals surface area (Å²) in [5.41, 5.74) is 5.51. The van der Waals surface area contributed by atoms with E-state index >= 15 is 4.39 Å². The Balaban J connectivity index is 1.63. The lowest BCUT2D eigenvalue weighted by atomic mass is 9.87. The highest BCUT2D eigenvalue weighted by Gasteiger charge is 2.36. The number of amides is 1. The number of pyridine rings is 1. The fraction of sp³-hybridized carbons (Fsp3) is 0.333. The average Bonchev–Trinajstić information content (AvgIpc) is 2.59. The highest BCUT2D eigenvalue weighted by molar-refractivity contribution is 6.33. The number of benzene rings is 1. The Morgan fingerprint density at radius 3 is 2.48 bits per heavy atom. The van der Waals surface area contributed by atoms with Crippen molar-refractivity contribution >= 4 is 34.9 Å². The lowest BCUT2D eigenvalue weighted by molar-refractivity contribution is 0.0437. The number of halogens is 3. The van der Waals surface area contributed by atoms with Crippen LogP contribution in [0.15, 0.2) is 36.5 Å². The third kappa shape index (κ3) is 4.22. The normalized spacial score (nSPS) is 16.7. The molecule has 4 nitrogen and oxygen atoms in total. The van der Waals surface area contributed by atoms with Crippen LogP contribution in [0, 0.1) is 0 Å². The minimum absolute atomic E-state index is 0.183. The molecule has 1 aromatic carbocycles. The van der Waals surface area contributed by atoms with Gasteiger partial charge in [-0.3, -0.25) is 4.79 Å². The van der Waals surface area contributed by atoms with Gasteiger partial charge in [-0.15, -0.1) is 0 Å². The number of hydrogen-bond acceptors (Lipinski definition) is 3. The highest BCUT2D eigenvalue weighted by atomic mass is 35.5. The van der Waals surface area contributed by atoms with Gasteiger partial charge in [0.2, 0.25) is 0 Å². The largest absolute Gasteiger partial charge is 0.382 e. The Bertz CT molecular complexity index is 774. The molecule has 3 rings (SSSR count). The van der Waals surface area contributed by atoms with E-state index in [9.17, 15) is 4.79 Å². The lowest BCUT2D eigenvalue weighted by Gasteiger charge is -2.36. The zero-order valence-corrected chi connectivity index (χ0v) is 15.0. The lowest BCUT2D eigenvalue weighted by Crippen LogP contribution is -2.45. The molecule has 1 saturated heterocycles. The van der Waals surface area contributed by atoms with Crippen molar-refractivity contribution in [1.82, 2.24) is 9.88 Å². The van der Waals surface area contributed by atoms with Gasteiger partial charge in [0, 0.05) is 30.7 Å². The van der Waals surface area contributed by atoms with Crippen molar-refractivity contribution < 1.29 is 9.18 Å². The van der Waals surface area contributed by atoms with Gasteiger partial charge in [0.05, 0.1) is 10.6 Å². The SMILES string of the molecule is Nc1ncc(C(=O)N2CCC(F)(Cc3ccc(Cl)cc3)CC2)cc1Cl. The molecule has 0 saturated carbocycles. The first-order valence-electron chi connectivity index (χ1n) is 8.00. The number of nitrogens with two attached hydrogens (primary N) is 1. The average molecular weight is 382 g/mol. The number of nitrogen functional groups attached to an aromatic ring is 1. The standard InChI is InChI=1S/C18H18Cl2FN3O/c19-14-3-1-12(2-4-14)10-18(21)5-7-24(8-6-18)17(25)13-9-15(20)16(22)23-11-13/h1-4,9,11H,5-8,10H2,(H2,22,23). The molecule has 2 N–H and O–H groups in total. The molecule has 0 aliphatic carbocycles. The summed E-state index contributed by atoms with van der Waals surface area (Å²) >= 11 is 11.8. The summed E-state index contributed by atoms with van der Waals surface area (Å²) in [7, 11) is 0. The summed E-state index contributed by atoms with van der Waals surface area (Å²) in [6, 6.07) is 8.69. The molecule has 0 radical (unpaired) electrons. The molecule has 25 heavy (non-hydrogen) atoms. The van der Waals surface area contributed by atoms with E-state index in [0.717, 1.165) is 5.56 Å². The third-order valence-electron chi connectivity index (χ3n) is 4.50. The molecule has 1 amide bonds. The van der Waals surface area contributed by atoms with Gasteiger partial charge in [-0.05, 0) is 36.6 Å². The minimum Gasteiger partial charge on any atom is -0.382 e. The zero-order chi connectivity index (χ0) is 18.0. The van der Waals surface area contributed by atoms with Gasteiger partial charge in [0.15, 0.2) is 0 Å². The van der Waals surface area contributed by atoms with Crippen molar-refractivity contribution in [3.05, 3.63) is 57.7 Å². The summed E-state index contributed by atoms with van der Waals surface area (Å²) in [6.07, 6.45) is 2.30. The van der Waals surface area contributed by atoms with E-state index in [1.54, 1.807) is 17.0 Å². The van der Waals surface area contributed by atoms with Gasteiger partial charge in [-0.2, -0.15) is 0 Å². The first-order valence-corrected chi connectivity index (χ1v) is 8.76. The van der Waals surface area contributed by atoms with Crippen molar-refractivity contribution in [3.8, 4) is 0 Å². The fourth-order valence-electron chi connectivity index (χ4n) is 3.00. The number of alkyl halides is 1. The van der Waals surface area contributed by atoms with Crippen LogP contribution in [0.4, 0.5) is 10.2 Å². The second kappa shape index (κ2) is 7.18. The predicted octanol–water partition coefficient (Wildman–Crippen LogP) is 4.16. The summed E-state index contributed by atoms with van der Waals surface area (Å²) < 4.78 is 15.1. The summed E-state index contributed by atoms with van der Waals surface area (Å²) in [4.78, 5) is 18.0. The highest BCUT2D eigenvalue weighted by Crippen LogP contribution is 2.31. The molecule has 0 atom stereocenters. The maximum atomic E-state index is 15.1. The van der Waals surface area contributed by atoms with Crippen LogP contribution < -0.4 is 5.73 Å². The molecule has 132 valence electrons. The van der Waals surface area contributed by atoms with Crippen molar-refractivity contribution in [2.24, 2.45) is 0 Å². The van der Waals surface area contributed by atoms with Crippen LogP contribution in [0.3, 0.4) is 0 Å². The van der Waals surface area contributed by atoms with E-state index in [4.69, 9.17) is 28.9 Å². The van der Waals surface area contributed by atoms with E-state index in [0.29, 0.717) is 30.1 Å². The second-order valence-electron chi connectivity index (χ2n) is 6.34. The number of aromatic nitrogens is 1. The van der Waals surface area contributed by atoms with Crippen molar-refractivity contribution in [2.75, 3.05) is 18.8 Å². The van der Waals surface area contributed by atoms with Crippen LogP contribution in [-0.2, 0) is 6.42 Å². The van der Waals surface area contributed by atoms with Gasteiger partial charge >= 0.3 is 0 Å². The Labute approximate surface area is 155 Å². The van der Waals surface area contributed by atoms with Gasteiger partial charge in [-0.1, -0.05) is 35.3 Å². The van der Waals surface area contributed by atoms with Gasteiger partial charge < -0.3 is 10.6 Å². The maximum absolute atomic E-state index is 15.1. The third-order valence-corrected chi connectivity index (χ3v) is 5.05. The van der Waals surface area contributed by atoms with Crippen LogP contribution in [0.25, 0.3) is 0 Å².